The Morgan fingerprint density at radius 1 is 1.11 bits per heavy atom. The molecule has 0 saturated carbocycles. The Morgan fingerprint density at radius 3 is 2.64 bits per heavy atom. The molecule has 1 aliphatic rings. The van der Waals surface area contributed by atoms with Gasteiger partial charge in [-0.15, -0.1) is 0 Å². The van der Waals surface area contributed by atoms with Crippen molar-refractivity contribution in [2.45, 2.75) is 45.4 Å². The molecule has 2 aromatic carbocycles. The molecule has 190 valence electrons. The summed E-state index contributed by atoms with van der Waals surface area (Å²) in [5.74, 6) is -1.05. The molecule has 1 aliphatic heterocycles. The summed E-state index contributed by atoms with van der Waals surface area (Å²) in [6, 6.07) is 10.2. The van der Waals surface area contributed by atoms with Gasteiger partial charge in [-0.25, -0.2) is 12.8 Å². The van der Waals surface area contributed by atoms with Crippen LogP contribution in [0.1, 0.15) is 46.5 Å². The van der Waals surface area contributed by atoms with E-state index < -0.39 is 15.9 Å². The molecule has 4 rings (SSSR count). The molecule has 1 amide bonds. The lowest BCUT2D eigenvalue weighted by atomic mass is 9.98. The second-order valence-electron chi connectivity index (χ2n) is 9.31. The first-order valence-electron chi connectivity index (χ1n) is 11.8. The number of benzene rings is 2. The number of piperidine rings is 1. The molecule has 36 heavy (non-hydrogen) atoms. The molecular weight excluding hydrogens is 481 g/mol. The van der Waals surface area contributed by atoms with Crippen molar-refractivity contribution in [3.05, 3.63) is 75.9 Å². The molecule has 7 nitrogen and oxygen atoms in total. The number of hydrogen-bond donors (Lipinski definition) is 1. The van der Waals surface area contributed by atoms with Crippen molar-refractivity contribution < 1.29 is 22.1 Å². The lowest BCUT2D eigenvalue weighted by molar-refractivity contribution is -0.120. The van der Waals surface area contributed by atoms with Crippen LogP contribution in [0.4, 0.5) is 10.1 Å². The highest BCUT2D eigenvalue weighted by Gasteiger charge is 2.37. The van der Waals surface area contributed by atoms with Crippen LogP contribution in [0.15, 0.2) is 45.8 Å². The molecule has 0 bridgehead atoms. The number of sulfonamides is 1. The Bertz CT molecular complexity index is 1430. The quantitative estimate of drug-likeness (QED) is 0.488. The zero-order valence-corrected chi connectivity index (χ0v) is 21.7. The van der Waals surface area contributed by atoms with Crippen molar-refractivity contribution >= 4 is 33.8 Å². The number of anilines is 1. The minimum absolute atomic E-state index is 0.0134. The van der Waals surface area contributed by atoms with Crippen LogP contribution in [-0.4, -0.2) is 36.9 Å². The predicted molar refractivity (Wildman–Crippen MR) is 137 cm³/mol. The molecule has 1 atom stereocenters. The number of aryl methyl sites for hydroxylation is 4. The average molecular weight is 512 g/mol. The summed E-state index contributed by atoms with van der Waals surface area (Å²) in [6.07, 6.45) is 4.54. The SMILES string of the molecule is Cc1ccc(C)c(/C=C/c2onc(C)c2S(=O)(=O)N2CCC[C@@H](C(=O)Nc3ccc(F)cc3C)C2)c1. The van der Waals surface area contributed by atoms with Crippen LogP contribution in [0.2, 0.25) is 0 Å². The number of rotatable bonds is 6. The summed E-state index contributed by atoms with van der Waals surface area (Å²) in [6.45, 7) is 7.61. The van der Waals surface area contributed by atoms with E-state index in [1.165, 1.54) is 22.5 Å². The van der Waals surface area contributed by atoms with Crippen molar-refractivity contribution in [2.75, 3.05) is 18.4 Å². The van der Waals surface area contributed by atoms with Gasteiger partial charge in [0.15, 0.2) is 10.7 Å². The third-order valence-corrected chi connectivity index (χ3v) is 8.51. The van der Waals surface area contributed by atoms with Crippen molar-refractivity contribution in [3.63, 3.8) is 0 Å². The van der Waals surface area contributed by atoms with E-state index in [0.717, 1.165) is 16.7 Å². The number of hydrogen-bond acceptors (Lipinski definition) is 5. The molecule has 2 heterocycles. The summed E-state index contributed by atoms with van der Waals surface area (Å²) >= 11 is 0. The van der Waals surface area contributed by atoms with Gasteiger partial charge in [-0.2, -0.15) is 4.31 Å². The molecule has 0 radical (unpaired) electrons. The lowest BCUT2D eigenvalue weighted by Crippen LogP contribution is -2.44. The monoisotopic (exact) mass is 511 g/mol. The summed E-state index contributed by atoms with van der Waals surface area (Å²) in [4.78, 5) is 13.0. The molecule has 1 N–H and O–H groups in total. The predicted octanol–water partition coefficient (Wildman–Crippen LogP) is 5.26. The fourth-order valence-electron chi connectivity index (χ4n) is 4.41. The molecular formula is C27H30FN3O4S. The maximum Gasteiger partial charge on any atom is 0.248 e. The molecule has 9 heteroatoms. The number of amides is 1. The van der Waals surface area contributed by atoms with Gasteiger partial charge in [0.05, 0.1) is 5.92 Å². The van der Waals surface area contributed by atoms with Crippen LogP contribution in [0, 0.1) is 39.4 Å². The minimum atomic E-state index is -3.96. The zero-order chi connectivity index (χ0) is 26.0. The molecule has 1 saturated heterocycles. The number of carbonyl (C=O) groups is 1. The number of aromatic nitrogens is 1. The largest absolute Gasteiger partial charge is 0.355 e. The lowest BCUT2D eigenvalue weighted by Gasteiger charge is -2.31. The number of carbonyl (C=O) groups excluding carboxylic acids is 1. The first-order chi connectivity index (χ1) is 17.1. The van der Waals surface area contributed by atoms with E-state index in [9.17, 15) is 17.6 Å². The maximum atomic E-state index is 13.7. The van der Waals surface area contributed by atoms with Gasteiger partial charge < -0.3 is 9.84 Å². The minimum Gasteiger partial charge on any atom is -0.355 e. The average Bonchev–Trinajstić information content (AvgIpc) is 3.22. The Kier molecular flexibility index (Phi) is 7.42. The van der Waals surface area contributed by atoms with E-state index in [0.29, 0.717) is 30.6 Å². The molecule has 3 aromatic rings. The van der Waals surface area contributed by atoms with E-state index in [2.05, 4.69) is 10.5 Å². The smallest absolute Gasteiger partial charge is 0.248 e. The summed E-state index contributed by atoms with van der Waals surface area (Å²) in [5, 5.41) is 6.73. The van der Waals surface area contributed by atoms with E-state index >= 15 is 0 Å². The van der Waals surface area contributed by atoms with Crippen molar-refractivity contribution in [1.82, 2.24) is 9.46 Å². The van der Waals surface area contributed by atoms with Gasteiger partial charge in [-0.1, -0.05) is 35.0 Å². The highest BCUT2D eigenvalue weighted by atomic mass is 32.2. The standard InChI is InChI=1S/C27H30FN3O4S/c1-17-7-8-18(2)21(14-17)9-12-25-26(20(4)30-35-25)36(33,34)31-13-5-6-22(16-31)27(32)29-24-11-10-23(28)15-19(24)3/h7-12,14-15,22H,5-6,13,16H2,1-4H3,(H,29,32)/b12-9+/t22-/m1/s1. The Balaban J connectivity index is 1.55. The van der Waals surface area contributed by atoms with Crippen molar-refractivity contribution in [2.24, 2.45) is 5.92 Å². The van der Waals surface area contributed by atoms with Crippen LogP contribution in [0.25, 0.3) is 12.2 Å². The van der Waals surface area contributed by atoms with E-state index in [1.54, 1.807) is 19.9 Å². The fourth-order valence-corrected chi connectivity index (χ4v) is 6.18. The topological polar surface area (TPSA) is 92.5 Å². The zero-order valence-electron chi connectivity index (χ0n) is 20.8. The van der Waals surface area contributed by atoms with E-state index in [-0.39, 0.29) is 34.6 Å². The van der Waals surface area contributed by atoms with E-state index in [4.69, 9.17) is 4.52 Å². The van der Waals surface area contributed by atoms with E-state index in [1.807, 2.05) is 38.1 Å². The third kappa shape index (κ3) is 5.42. The van der Waals surface area contributed by atoms with Crippen LogP contribution < -0.4 is 5.32 Å². The Labute approximate surface area is 211 Å². The van der Waals surface area contributed by atoms with Gasteiger partial charge in [0, 0.05) is 18.8 Å². The van der Waals surface area contributed by atoms with Crippen LogP contribution in [0.5, 0.6) is 0 Å². The maximum absolute atomic E-state index is 13.7. The highest BCUT2D eigenvalue weighted by Crippen LogP contribution is 2.30. The normalized spacial score (nSPS) is 17.0. The molecule has 0 unspecified atom stereocenters. The molecule has 0 spiro atoms. The third-order valence-electron chi connectivity index (χ3n) is 6.48. The number of nitrogens with zero attached hydrogens (tertiary/aromatic N) is 2. The molecule has 1 aromatic heterocycles. The van der Waals surface area contributed by atoms with Crippen LogP contribution in [-0.2, 0) is 14.8 Å². The Morgan fingerprint density at radius 2 is 1.89 bits per heavy atom. The number of nitrogens with one attached hydrogen (secondary N) is 1. The highest BCUT2D eigenvalue weighted by molar-refractivity contribution is 7.89. The van der Waals surface area contributed by atoms with Gasteiger partial charge in [0.25, 0.3) is 0 Å². The Hall–Kier alpha value is -3.30. The number of halogens is 1. The van der Waals surface area contributed by atoms with Crippen molar-refractivity contribution in [1.29, 1.82) is 0 Å². The van der Waals surface area contributed by atoms with Gasteiger partial charge in [0.2, 0.25) is 15.9 Å². The second kappa shape index (κ2) is 10.4. The van der Waals surface area contributed by atoms with Gasteiger partial charge in [0.1, 0.15) is 11.5 Å². The first kappa shape index (κ1) is 25.8. The molecule has 1 fully saturated rings. The fraction of sp³-hybridized carbons (Fsp3) is 0.333. The van der Waals surface area contributed by atoms with Gasteiger partial charge >= 0.3 is 0 Å². The summed E-state index contributed by atoms with van der Waals surface area (Å²) < 4.78 is 47.4. The van der Waals surface area contributed by atoms with Crippen LogP contribution >= 0.6 is 0 Å². The van der Waals surface area contributed by atoms with Crippen LogP contribution in [0.3, 0.4) is 0 Å². The summed E-state index contributed by atoms with van der Waals surface area (Å²) in [7, 11) is -3.96. The van der Waals surface area contributed by atoms with Gasteiger partial charge in [-0.05, 0) is 81.5 Å². The van der Waals surface area contributed by atoms with Gasteiger partial charge in [-0.3, -0.25) is 4.79 Å². The second-order valence-corrected chi connectivity index (χ2v) is 11.2. The molecule has 0 aliphatic carbocycles. The first-order valence-corrected chi connectivity index (χ1v) is 13.3. The summed E-state index contributed by atoms with van der Waals surface area (Å²) in [5.41, 5.74) is 4.48. The van der Waals surface area contributed by atoms with Crippen molar-refractivity contribution in [3.8, 4) is 0 Å².